The number of nitrogens with zero attached hydrogens (tertiary/aromatic N) is 2. The molecule has 44 heavy (non-hydrogen) atoms. The van der Waals surface area contributed by atoms with Crippen molar-refractivity contribution >= 4 is 44.1 Å². The summed E-state index contributed by atoms with van der Waals surface area (Å²) in [6.45, 7) is 6.43. The summed E-state index contributed by atoms with van der Waals surface area (Å²) in [5.74, 6) is -1.69. The highest BCUT2D eigenvalue weighted by Gasteiger charge is 2.48. The Bertz CT molecular complexity index is 1920. The second kappa shape index (κ2) is 11.9. The number of Topliss-reactive ketones (excluding diaryl/α,β-unsaturated/α-hetero) is 1. The van der Waals surface area contributed by atoms with Crippen molar-refractivity contribution in [3.05, 3.63) is 124 Å². The second-order valence-corrected chi connectivity index (χ2v) is 11.5. The van der Waals surface area contributed by atoms with Crippen molar-refractivity contribution in [2.24, 2.45) is 0 Å². The van der Waals surface area contributed by atoms with Gasteiger partial charge in [-0.1, -0.05) is 53.8 Å². The molecular weight excluding hydrogens is 579 g/mol. The van der Waals surface area contributed by atoms with Gasteiger partial charge in [0.1, 0.15) is 18.2 Å². The molecule has 2 heterocycles. The standard InChI is InChI=1S/C35H29FN2O5S/c1-4-42-27-18-24(12-15-26(27)43-19-22-8-6-5-7-9-22)31-29(32(39)23-10-13-25(36)14-11-23)33(40)34(41)38(31)35-37-30-21(3)16-20(2)17-28(30)44-35/h5-18,31,39H,4,19H2,1-3H3/b32-29+. The van der Waals surface area contributed by atoms with Gasteiger partial charge in [-0.25, -0.2) is 9.37 Å². The molecule has 0 saturated carbocycles. The van der Waals surface area contributed by atoms with Crippen molar-refractivity contribution in [2.45, 2.75) is 33.4 Å². The average Bonchev–Trinajstić information content (AvgIpc) is 3.55. The third kappa shape index (κ3) is 5.42. The van der Waals surface area contributed by atoms with Crippen molar-refractivity contribution < 1.29 is 28.6 Å². The number of aryl methyl sites for hydroxylation is 2. The van der Waals surface area contributed by atoms with Crippen molar-refractivity contribution in [1.82, 2.24) is 4.98 Å². The van der Waals surface area contributed by atoms with Gasteiger partial charge in [0.25, 0.3) is 5.78 Å². The average molecular weight is 609 g/mol. The first kappa shape index (κ1) is 29.1. The van der Waals surface area contributed by atoms with E-state index in [1.165, 1.54) is 40.5 Å². The first-order valence-corrected chi connectivity index (χ1v) is 14.9. The number of thiazole rings is 1. The number of halogens is 1. The van der Waals surface area contributed by atoms with Crippen molar-refractivity contribution in [3.8, 4) is 11.5 Å². The van der Waals surface area contributed by atoms with E-state index in [0.29, 0.717) is 35.4 Å². The molecule has 0 spiro atoms. The van der Waals surface area contributed by atoms with Crippen LogP contribution >= 0.6 is 11.3 Å². The summed E-state index contributed by atoms with van der Waals surface area (Å²) in [5, 5.41) is 11.8. The van der Waals surface area contributed by atoms with E-state index in [-0.39, 0.29) is 11.1 Å². The minimum Gasteiger partial charge on any atom is -0.507 e. The summed E-state index contributed by atoms with van der Waals surface area (Å²) in [6, 6.07) is 23.0. The van der Waals surface area contributed by atoms with Gasteiger partial charge in [0.05, 0.1) is 28.4 Å². The Morgan fingerprint density at radius 2 is 1.70 bits per heavy atom. The van der Waals surface area contributed by atoms with Crippen LogP contribution in [-0.4, -0.2) is 28.4 Å². The Morgan fingerprint density at radius 3 is 2.43 bits per heavy atom. The van der Waals surface area contributed by atoms with Crippen LogP contribution in [0.3, 0.4) is 0 Å². The summed E-state index contributed by atoms with van der Waals surface area (Å²) in [5.41, 5.74) is 4.29. The van der Waals surface area contributed by atoms with Gasteiger partial charge < -0.3 is 14.6 Å². The monoisotopic (exact) mass is 608 g/mol. The molecule has 222 valence electrons. The largest absolute Gasteiger partial charge is 0.507 e. The zero-order chi connectivity index (χ0) is 31.0. The fourth-order valence-corrected chi connectivity index (χ4v) is 6.56. The first-order valence-electron chi connectivity index (χ1n) is 14.1. The summed E-state index contributed by atoms with van der Waals surface area (Å²) >= 11 is 1.29. The minimum atomic E-state index is -1.04. The van der Waals surface area contributed by atoms with Gasteiger partial charge in [0, 0.05) is 5.56 Å². The molecule has 1 saturated heterocycles. The normalized spacial score (nSPS) is 16.1. The molecule has 1 atom stereocenters. The van der Waals surface area contributed by atoms with Gasteiger partial charge in [-0.2, -0.15) is 0 Å². The lowest BCUT2D eigenvalue weighted by Crippen LogP contribution is -2.29. The molecule has 1 aliphatic rings. The summed E-state index contributed by atoms with van der Waals surface area (Å²) in [7, 11) is 0. The number of carbonyl (C=O) groups excluding carboxylic acids is 2. The highest BCUT2D eigenvalue weighted by Crippen LogP contribution is 2.46. The number of hydrogen-bond donors (Lipinski definition) is 1. The third-order valence-corrected chi connectivity index (χ3v) is 8.41. The van der Waals surface area contributed by atoms with Crippen LogP contribution in [0.2, 0.25) is 0 Å². The molecule has 1 aromatic heterocycles. The van der Waals surface area contributed by atoms with E-state index in [1.807, 2.05) is 63.2 Å². The van der Waals surface area contributed by atoms with Crippen molar-refractivity contribution in [1.29, 1.82) is 0 Å². The topological polar surface area (TPSA) is 89.0 Å². The Hall–Kier alpha value is -5.02. The Labute approximate surface area is 257 Å². The molecule has 1 N–H and O–H groups in total. The van der Waals surface area contributed by atoms with Crippen LogP contribution in [0.25, 0.3) is 16.0 Å². The number of rotatable bonds is 8. The van der Waals surface area contributed by atoms with Crippen molar-refractivity contribution in [3.63, 3.8) is 0 Å². The second-order valence-electron chi connectivity index (χ2n) is 10.5. The number of aromatic nitrogens is 1. The molecule has 1 aliphatic heterocycles. The highest BCUT2D eigenvalue weighted by molar-refractivity contribution is 7.22. The molecule has 1 fully saturated rings. The van der Waals surface area contributed by atoms with Gasteiger partial charge in [0.2, 0.25) is 0 Å². The van der Waals surface area contributed by atoms with E-state index in [2.05, 4.69) is 0 Å². The predicted molar refractivity (Wildman–Crippen MR) is 169 cm³/mol. The van der Waals surface area contributed by atoms with Gasteiger partial charge in [0.15, 0.2) is 16.6 Å². The predicted octanol–water partition coefficient (Wildman–Crippen LogP) is 7.66. The Morgan fingerprint density at radius 1 is 0.955 bits per heavy atom. The maximum Gasteiger partial charge on any atom is 0.301 e. The van der Waals surface area contributed by atoms with Crippen LogP contribution in [0, 0.1) is 19.7 Å². The van der Waals surface area contributed by atoms with Crippen molar-refractivity contribution in [2.75, 3.05) is 11.5 Å². The minimum absolute atomic E-state index is 0.130. The molecule has 7 nitrogen and oxygen atoms in total. The van der Waals surface area contributed by atoms with Crippen LogP contribution in [0.15, 0.2) is 90.5 Å². The highest BCUT2D eigenvalue weighted by atomic mass is 32.1. The number of carbonyl (C=O) groups is 2. The van der Waals surface area contributed by atoms with E-state index < -0.39 is 29.3 Å². The molecule has 0 radical (unpaired) electrons. The number of aliphatic hydroxyl groups excluding tert-OH is 1. The fraction of sp³-hybridized carbons (Fsp3) is 0.171. The number of aliphatic hydroxyl groups is 1. The molecule has 1 unspecified atom stereocenters. The van der Waals surface area contributed by atoms with Gasteiger partial charge in [-0.15, -0.1) is 0 Å². The van der Waals surface area contributed by atoms with E-state index in [4.69, 9.17) is 14.5 Å². The van der Waals surface area contributed by atoms with E-state index in [9.17, 15) is 19.1 Å². The fourth-order valence-electron chi connectivity index (χ4n) is 5.39. The number of hydrogen-bond acceptors (Lipinski definition) is 7. The molecular formula is C35H29FN2O5S. The maximum absolute atomic E-state index is 13.7. The zero-order valence-electron chi connectivity index (χ0n) is 24.3. The number of benzene rings is 4. The SMILES string of the molecule is CCOc1cc(C2/C(=C(\O)c3ccc(F)cc3)C(=O)C(=O)N2c2nc3c(C)cc(C)cc3s2)ccc1OCc1ccccc1. The molecule has 0 aliphatic carbocycles. The van der Waals surface area contributed by atoms with E-state index >= 15 is 0 Å². The molecule has 6 rings (SSSR count). The van der Waals surface area contributed by atoms with Crippen LogP contribution in [0.4, 0.5) is 9.52 Å². The van der Waals surface area contributed by atoms with Gasteiger partial charge >= 0.3 is 5.91 Å². The van der Waals surface area contributed by atoms with Crippen LogP contribution in [0.1, 0.15) is 40.8 Å². The number of anilines is 1. The number of fused-ring (bicyclic) bond motifs is 1. The Balaban J connectivity index is 1.50. The van der Waals surface area contributed by atoms with Gasteiger partial charge in [-0.05, 0) is 85.5 Å². The number of amides is 1. The lowest BCUT2D eigenvalue weighted by Gasteiger charge is -2.24. The molecule has 9 heteroatoms. The van der Waals surface area contributed by atoms with Crippen LogP contribution in [-0.2, 0) is 16.2 Å². The molecule has 1 amide bonds. The van der Waals surface area contributed by atoms with Gasteiger partial charge in [-0.3, -0.25) is 14.5 Å². The lowest BCUT2D eigenvalue weighted by atomic mass is 9.95. The summed E-state index contributed by atoms with van der Waals surface area (Å²) in [4.78, 5) is 33.5. The number of ether oxygens (including phenoxy) is 2. The smallest absolute Gasteiger partial charge is 0.301 e. The Kier molecular flexibility index (Phi) is 7.88. The molecule has 5 aromatic rings. The molecule has 0 bridgehead atoms. The quantitative estimate of drug-likeness (QED) is 0.111. The summed E-state index contributed by atoms with van der Waals surface area (Å²) in [6.07, 6.45) is 0. The number of ketones is 1. The molecule has 4 aromatic carbocycles. The zero-order valence-corrected chi connectivity index (χ0v) is 25.2. The van der Waals surface area contributed by atoms with E-state index in [1.54, 1.807) is 18.2 Å². The third-order valence-electron chi connectivity index (χ3n) is 7.41. The maximum atomic E-state index is 13.7. The van der Waals surface area contributed by atoms with Crippen LogP contribution in [0.5, 0.6) is 11.5 Å². The lowest BCUT2D eigenvalue weighted by molar-refractivity contribution is -0.132. The van der Waals surface area contributed by atoms with Crippen LogP contribution < -0.4 is 14.4 Å². The first-order chi connectivity index (χ1) is 21.2. The summed E-state index contributed by atoms with van der Waals surface area (Å²) < 4.78 is 26.6. The van der Waals surface area contributed by atoms with E-state index in [0.717, 1.165) is 26.9 Å².